The average Bonchev–Trinajstić information content (AvgIpc) is 2.47. The van der Waals surface area contributed by atoms with Crippen molar-refractivity contribution < 1.29 is 4.79 Å². The van der Waals surface area contributed by atoms with Gasteiger partial charge in [0.05, 0.1) is 0 Å². The Kier molecular flexibility index (Phi) is 6.35. The molecule has 1 rings (SSSR count). The Bertz CT molecular complexity index is 296. The number of carbonyl (C=O) groups excluding carboxylic acids is 1. The molecule has 0 aromatic carbocycles. The van der Waals surface area contributed by atoms with Crippen LogP contribution < -0.4 is 0 Å². The van der Waals surface area contributed by atoms with Crippen molar-refractivity contribution in [3.05, 3.63) is 0 Å². The molecule has 0 aliphatic carbocycles. The summed E-state index contributed by atoms with van der Waals surface area (Å²) in [5.74, 6) is 2.29. The van der Waals surface area contributed by atoms with E-state index in [4.69, 9.17) is 0 Å². The SMILES string of the molecule is CC(C)C1CCC(=O)N(CC(CBr)C(C)(C)C)CC1. The fourth-order valence-corrected chi connectivity index (χ4v) is 3.91. The number of alkyl halides is 1. The number of halogens is 1. The number of rotatable bonds is 4. The first kappa shape index (κ1) is 17.0. The summed E-state index contributed by atoms with van der Waals surface area (Å²) in [6.45, 7) is 13.2. The highest BCUT2D eigenvalue weighted by Gasteiger charge is 2.30. The first-order valence-electron chi connectivity index (χ1n) is 7.59. The lowest BCUT2D eigenvalue weighted by Gasteiger charge is -2.34. The van der Waals surface area contributed by atoms with Gasteiger partial charge >= 0.3 is 0 Å². The minimum atomic E-state index is 0.244. The average molecular weight is 332 g/mol. The third kappa shape index (κ3) is 5.09. The highest BCUT2D eigenvalue weighted by Crippen LogP contribution is 2.30. The Labute approximate surface area is 127 Å². The van der Waals surface area contributed by atoms with Crippen molar-refractivity contribution in [3.8, 4) is 0 Å². The van der Waals surface area contributed by atoms with Gasteiger partial charge in [0.15, 0.2) is 0 Å². The number of nitrogens with zero attached hydrogens (tertiary/aromatic N) is 1. The predicted octanol–water partition coefficient (Wildman–Crippen LogP) is 4.33. The topological polar surface area (TPSA) is 20.3 Å². The molecule has 0 aromatic rings. The molecule has 1 heterocycles. The van der Waals surface area contributed by atoms with E-state index in [9.17, 15) is 4.79 Å². The van der Waals surface area contributed by atoms with Crippen molar-refractivity contribution in [2.24, 2.45) is 23.2 Å². The molecule has 2 atom stereocenters. The molecule has 3 heteroatoms. The Balaban J connectivity index is 2.65. The van der Waals surface area contributed by atoms with Gasteiger partial charge in [0, 0.05) is 24.8 Å². The summed E-state index contributed by atoms with van der Waals surface area (Å²) in [6.07, 6.45) is 2.98. The zero-order chi connectivity index (χ0) is 14.6. The van der Waals surface area contributed by atoms with E-state index in [1.165, 1.54) is 6.42 Å². The van der Waals surface area contributed by atoms with Crippen LogP contribution in [0, 0.1) is 23.2 Å². The normalized spacial score (nSPS) is 23.6. The number of likely N-dealkylation sites (tertiary alicyclic amines) is 1. The summed E-state index contributed by atoms with van der Waals surface area (Å²) in [5, 5.41) is 0.966. The Morgan fingerprint density at radius 1 is 1.32 bits per heavy atom. The van der Waals surface area contributed by atoms with Crippen LogP contribution in [0.3, 0.4) is 0 Å². The van der Waals surface area contributed by atoms with E-state index >= 15 is 0 Å². The third-order valence-electron chi connectivity index (χ3n) is 4.65. The number of amides is 1. The zero-order valence-corrected chi connectivity index (χ0v) is 14.8. The molecule has 0 N–H and O–H groups in total. The number of carbonyl (C=O) groups is 1. The molecule has 1 aliphatic rings. The number of hydrogen-bond donors (Lipinski definition) is 0. The van der Waals surface area contributed by atoms with Crippen LogP contribution in [0.4, 0.5) is 0 Å². The molecule has 0 radical (unpaired) electrons. The maximum atomic E-state index is 12.3. The van der Waals surface area contributed by atoms with Crippen LogP contribution in [0.5, 0.6) is 0 Å². The summed E-state index contributed by atoms with van der Waals surface area (Å²) in [6, 6.07) is 0. The first-order chi connectivity index (χ1) is 8.75. The summed E-state index contributed by atoms with van der Waals surface area (Å²) in [7, 11) is 0. The van der Waals surface area contributed by atoms with Gasteiger partial charge in [0.2, 0.25) is 5.91 Å². The molecule has 0 saturated carbocycles. The van der Waals surface area contributed by atoms with Gasteiger partial charge < -0.3 is 4.90 Å². The van der Waals surface area contributed by atoms with Crippen molar-refractivity contribution in [3.63, 3.8) is 0 Å². The molecule has 0 bridgehead atoms. The predicted molar refractivity (Wildman–Crippen MR) is 85.5 cm³/mol. The lowest BCUT2D eigenvalue weighted by atomic mass is 9.81. The third-order valence-corrected chi connectivity index (χ3v) is 5.43. The van der Waals surface area contributed by atoms with E-state index in [0.29, 0.717) is 23.7 Å². The molecule has 1 saturated heterocycles. The Hall–Kier alpha value is -0.0500. The van der Waals surface area contributed by atoms with Crippen LogP contribution in [-0.2, 0) is 4.79 Å². The monoisotopic (exact) mass is 331 g/mol. The van der Waals surface area contributed by atoms with Crippen molar-refractivity contribution in [1.82, 2.24) is 4.90 Å². The van der Waals surface area contributed by atoms with E-state index in [0.717, 1.165) is 31.3 Å². The molecular weight excluding hydrogens is 302 g/mol. The maximum absolute atomic E-state index is 12.3. The summed E-state index contributed by atoms with van der Waals surface area (Å²) in [5.41, 5.74) is 0.244. The van der Waals surface area contributed by atoms with Crippen molar-refractivity contribution in [2.45, 2.75) is 53.9 Å². The van der Waals surface area contributed by atoms with Gasteiger partial charge in [0.1, 0.15) is 0 Å². The molecule has 0 aromatic heterocycles. The fraction of sp³-hybridized carbons (Fsp3) is 0.938. The summed E-state index contributed by atoms with van der Waals surface area (Å²) >= 11 is 3.62. The van der Waals surface area contributed by atoms with Crippen LogP contribution >= 0.6 is 15.9 Å². The summed E-state index contributed by atoms with van der Waals surface area (Å²) in [4.78, 5) is 14.4. The van der Waals surface area contributed by atoms with Crippen molar-refractivity contribution >= 4 is 21.8 Å². The highest BCUT2D eigenvalue weighted by molar-refractivity contribution is 9.09. The lowest BCUT2D eigenvalue weighted by Crippen LogP contribution is -2.39. The van der Waals surface area contributed by atoms with E-state index in [1.54, 1.807) is 0 Å². The van der Waals surface area contributed by atoms with E-state index in [1.807, 2.05) is 0 Å². The maximum Gasteiger partial charge on any atom is 0.222 e. The molecule has 2 unspecified atom stereocenters. The highest BCUT2D eigenvalue weighted by atomic mass is 79.9. The molecule has 1 fully saturated rings. The first-order valence-corrected chi connectivity index (χ1v) is 8.71. The molecule has 112 valence electrons. The second kappa shape index (κ2) is 7.10. The van der Waals surface area contributed by atoms with Gasteiger partial charge in [-0.1, -0.05) is 50.5 Å². The van der Waals surface area contributed by atoms with Gasteiger partial charge in [-0.15, -0.1) is 0 Å². The fourth-order valence-electron chi connectivity index (χ4n) is 2.74. The van der Waals surface area contributed by atoms with Crippen LogP contribution in [0.25, 0.3) is 0 Å². The van der Waals surface area contributed by atoms with E-state index in [-0.39, 0.29) is 5.41 Å². The molecule has 0 spiro atoms. The molecule has 19 heavy (non-hydrogen) atoms. The Morgan fingerprint density at radius 2 is 1.95 bits per heavy atom. The molecular formula is C16H30BrNO. The van der Waals surface area contributed by atoms with Crippen LogP contribution in [0.2, 0.25) is 0 Å². The number of hydrogen-bond acceptors (Lipinski definition) is 1. The second-order valence-corrected chi connectivity index (χ2v) is 8.04. The Morgan fingerprint density at radius 3 is 2.42 bits per heavy atom. The minimum Gasteiger partial charge on any atom is -0.342 e. The molecule has 1 amide bonds. The minimum absolute atomic E-state index is 0.244. The van der Waals surface area contributed by atoms with Crippen LogP contribution in [0.15, 0.2) is 0 Å². The van der Waals surface area contributed by atoms with Gasteiger partial charge in [0.25, 0.3) is 0 Å². The zero-order valence-electron chi connectivity index (χ0n) is 13.2. The van der Waals surface area contributed by atoms with E-state index in [2.05, 4.69) is 55.4 Å². The largest absolute Gasteiger partial charge is 0.342 e. The second-order valence-electron chi connectivity index (χ2n) is 7.39. The van der Waals surface area contributed by atoms with Crippen molar-refractivity contribution in [1.29, 1.82) is 0 Å². The van der Waals surface area contributed by atoms with Gasteiger partial charge in [-0.05, 0) is 36.0 Å². The van der Waals surface area contributed by atoms with Gasteiger partial charge in [-0.25, -0.2) is 0 Å². The standard InChI is InChI=1S/C16H30BrNO/c1-12(2)13-6-7-15(19)18(9-8-13)11-14(10-17)16(3,4)5/h12-14H,6-11H2,1-5H3. The van der Waals surface area contributed by atoms with Crippen LogP contribution in [0.1, 0.15) is 53.9 Å². The van der Waals surface area contributed by atoms with E-state index < -0.39 is 0 Å². The smallest absolute Gasteiger partial charge is 0.222 e. The molecule has 1 aliphatic heterocycles. The van der Waals surface area contributed by atoms with Crippen molar-refractivity contribution in [2.75, 3.05) is 18.4 Å². The lowest BCUT2D eigenvalue weighted by molar-refractivity contribution is -0.131. The summed E-state index contributed by atoms with van der Waals surface area (Å²) < 4.78 is 0. The quantitative estimate of drug-likeness (QED) is 0.702. The van der Waals surface area contributed by atoms with Gasteiger partial charge in [-0.3, -0.25) is 4.79 Å². The van der Waals surface area contributed by atoms with Crippen LogP contribution in [-0.4, -0.2) is 29.2 Å². The van der Waals surface area contributed by atoms with Gasteiger partial charge in [-0.2, -0.15) is 0 Å². The molecule has 2 nitrogen and oxygen atoms in total.